The standard InChI is InChI=1S/C18H11BrO3/c1-10-9-21-15-7-6-13-14(20)8-16(22-18(13)17(10)15)11-2-4-12(19)5-3-11/h2-9H,1H3. The van der Waals surface area contributed by atoms with Gasteiger partial charge in [0.25, 0.3) is 0 Å². The Kier molecular flexibility index (Phi) is 2.94. The van der Waals surface area contributed by atoms with Crippen molar-refractivity contribution in [2.24, 2.45) is 0 Å². The van der Waals surface area contributed by atoms with Crippen LogP contribution in [0, 0.1) is 6.92 Å². The molecule has 2 aromatic heterocycles. The summed E-state index contributed by atoms with van der Waals surface area (Å²) in [5.74, 6) is 0.554. The van der Waals surface area contributed by atoms with Gasteiger partial charge in [0.15, 0.2) is 5.43 Å². The smallest absolute Gasteiger partial charge is 0.193 e. The van der Waals surface area contributed by atoms with Gasteiger partial charge >= 0.3 is 0 Å². The van der Waals surface area contributed by atoms with Gasteiger partial charge < -0.3 is 8.83 Å². The van der Waals surface area contributed by atoms with Gasteiger partial charge in [0.05, 0.1) is 17.0 Å². The highest BCUT2D eigenvalue weighted by molar-refractivity contribution is 9.10. The average Bonchev–Trinajstić information content (AvgIpc) is 2.90. The van der Waals surface area contributed by atoms with Crippen molar-refractivity contribution in [2.75, 3.05) is 0 Å². The highest BCUT2D eigenvalue weighted by Crippen LogP contribution is 2.31. The Hall–Kier alpha value is -2.33. The van der Waals surface area contributed by atoms with Crippen LogP contribution in [0.1, 0.15) is 5.56 Å². The van der Waals surface area contributed by atoms with Crippen LogP contribution in [0.3, 0.4) is 0 Å². The van der Waals surface area contributed by atoms with Crippen LogP contribution in [-0.4, -0.2) is 0 Å². The molecular formula is C18H11BrO3. The molecule has 2 aromatic carbocycles. The van der Waals surface area contributed by atoms with Gasteiger partial charge in [-0.15, -0.1) is 0 Å². The minimum absolute atomic E-state index is 0.0540. The topological polar surface area (TPSA) is 43.4 Å². The van der Waals surface area contributed by atoms with Crippen LogP contribution in [0.25, 0.3) is 33.3 Å². The Morgan fingerprint density at radius 2 is 1.82 bits per heavy atom. The van der Waals surface area contributed by atoms with E-state index in [1.54, 1.807) is 18.4 Å². The first-order chi connectivity index (χ1) is 10.6. The van der Waals surface area contributed by atoms with Crippen molar-refractivity contribution in [1.82, 2.24) is 0 Å². The van der Waals surface area contributed by atoms with Gasteiger partial charge in [0, 0.05) is 16.1 Å². The second kappa shape index (κ2) is 4.85. The molecule has 0 amide bonds. The summed E-state index contributed by atoms with van der Waals surface area (Å²) >= 11 is 3.40. The van der Waals surface area contributed by atoms with Crippen LogP contribution in [0.5, 0.6) is 0 Å². The summed E-state index contributed by atoms with van der Waals surface area (Å²) in [7, 11) is 0. The second-order valence-corrected chi connectivity index (χ2v) is 6.13. The molecule has 0 aliphatic rings. The molecule has 4 rings (SSSR count). The molecule has 0 saturated carbocycles. The van der Waals surface area contributed by atoms with E-state index in [9.17, 15) is 4.79 Å². The van der Waals surface area contributed by atoms with Crippen LogP contribution in [0.15, 0.2) is 66.8 Å². The number of halogens is 1. The van der Waals surface area contributed by atoms with E-state index in [-0.39, 0.29) is 5.43 Å². The Morgan fingerprint density at radius 1 is 1.05 bits per heavy atom. The molecule has 4 aromatic rings. The maximum atomic E-state index is 12.4. The van der Waals surface area contributed by atoms with E-state index in [4.69, 9.17) is 8.83 Å². The Morgan fingerprint density at radius 3 is 2.59 bits per heavy atom. The van der Waals surface area contributed by atoms with Crippen LogP contribution in [0.4, 0.5) is 0 Å². The van der Waals surface area contributed by atoms with Crippen molar-refractivity contribution in [3.05, 3.63) is 69.0 Å². The molecule has 4 heteroatoms. The van der Waals surface area contributed by atoms with E-state index in [0.29, 0.717) is 16.7 Å². The third-order valence-electron chi connectivity index (χ3n) is 3.74. The zero-order valence-corrected chi connectivity index (χ0v) is 13.3. The molecule has 0 aliphatic carbocycles. The molecule has 0 N–H and O–H groups in total. The number of furan rings is 1. The van der Waals surface area contributed by atoms with Crippen molar-refractivity contribution in [3.8, 4) is 11.3 Å². The first-order valence-electron chi connectivity index (χ1n) is 6.84. The number of fused-ring (bicyclic) bond motifs is 3. The first-order valence-corrected chi connectivity index (χ1v) is 7.63. The highest BCUT2D eigenvalue weighted by Gasteiger charge is 2.13. The molecule has 108 valence electrons. The summed E-state index contributed by atoms with van der Waals surface area (Å²) in [5.41, 5.74) is 3.06. The molecule has 0 unspecified atom stereocenters. The maximum absolute atomic E-state index is 12.4. The summed E-state index contributed by atoms with van der Waals surface area (Å²) < 4.78 is 12.5. The lowest BCUT2D eigenvalue weighted by Crippen LogP contribution is -2.00. The van der Waals surface area contributed by atoms with Gasteiger partial charge in [-0.25, -0.2) is 0 Å². The monoisotopic (exact) mass is 354 g/mol. The number of hydrogen-bond acceptors (Lipinski definition) is 3. The van der Waals surface area contributed by atoms with E-state index >= 15 is 0 Å². The number of benzene rings is 2. The fraction of sp³-hybridized carbons (Fsp3) is 0.0556. The molecule has 22 heavy (non-hydrogen) atoms. The zero-order chi connectivity index (χ0) is 15.3. The van der Waals surface area contributed by atoms with E-state index in [0.717, 1.165) is 26.6 Å². The van der Waals surface area contributed by atoms with Crippen molar-refractivity contribution in [3.63, 3.8) is 0 Å². The molecule has 0 fully saturated rings. The Bertz CT molecular complexity index is 1060. The summed E-state index contributed by atoms with van der Waals surface area (Å²) in [6.45, 7) is 1.94. The van der Waals surface area contributed by atoms with Gasteiger partial charge in [-0.3, -0.25) is 4.79 Å². The SMILES string of the molecule is Cc1coc2ccc3c(=O)cc(-c4ccc(Br)cc4)oc3c12. The van der Waals surface area contributed by atoms with Crippen LogP contribution in [-0.2, 0) is 0 Å². The third-order valence-corrected chi connectivity index (χ3v) is 4.27. The van der Waals surface area contributed by atoms with Crippen molar-refractivity contribution >= 4 is 37.9 Å². The number of rotatable bonds is 1. The lowest BCUT2D eigenvalue weighted by molar-refractivity contribution is 0.610. The van der Waals surface area contributed by atoms with Crippen molar-refractivity contribution in [1.29, 1.82) is 0 Å². The minimum atomic E-state index is -0.0540. The summed E-state index contributed by atoms with van der Waals surface area (Å²) in [6, 6.07) is 12.8. The normalized spacial score (nSPS) is 11.4. The molecule has 3 nitrogen and oxygen atoms in total. The number of aryl methyl sites for hydroxylation is 1. The Balaban J connectivity index is 2.09. The summed E-state index contributed by atoms with van der Waals surface area (Å²) in [6.07, 6.45) is 1.68. The molecule has 0 radical (unpaired) electrons. The largest absolute Gasteiger partial charge is 0.464 e. The molecule has 0 bridgehead atoms. The fourth-order valence-electron chi connectivity index (χ4n) is 2.64. The molecule has 2 heterocycles. The molecule has 0 spiro atoms. The van der Waals surface area contributed by atoms with Crippen LogP contribution >= 0.6 is 15.9 Å². The average molecular weight is 355 g/mol. The molecule has 0 aliphatic heterocycles. The van der Waals surface area contributed by atoms with Crippen LogP contribution < -0.4 is 5.43 Å². The first kappa shape index (κ1) is 13.3. The van der Waals surface area contributed by atoms with Crippen LogP contribution in [0.2, 0.25) is 0 Å². The molecule has 0 atom stereocenters. The van der Waals surface area contributed by atoms with E-state index in [1.165, 1.54) is 6.07 Å². The lowest BCUT2D eigenvalue weighted by atomic mass is 10.1. The second-order valence-electron chi connectivity index (χ2n) is 5.22. The minimum Gasteiger partial charge on any atom is -0.464 e. The predicted molar refractivity (Wildman–Crippen MR) is 90.1 cm³/mol. The Labute approximate surface area is 134 Å². The van der Waals surface area contributed by atoms with Gasteiger partial charge in [-0.05, 0) is 36.8 Å². The summed E-state index contributed by atoms with van der Waals surface area (Å²) in [5, 5.41) is 1.42. The maximum Gasteiger partial charge on any atom is 0.193 e. The zero-order valence-electron chi connectivity index (χ0n) is 11.7. The highest BCUT2D eigenvalue weighted by atomic mass is 79.9. The van der Waals surface area contributed by atoms with Gasteiger partial charge in [-0.2, -0.15) is 0 Å². The number of hydrogen-bond donors (Lipinski definition) is 0. The predicted octanol–water partition coefficient (Wildman–Crippen LogP) is 5.28. The molecular weight excluding hydrogens is 344 g/mol. The van der Waals surface area contributed by atoms with E-state index in [2.05, 4.69) is 15.9 Å². The summed E-state index contributed by atoms with van der Waals surface area (Å²) in [4.78, 5) is 12.4. The lowest BCUT2D eigenvalue weighted by Gasteiger charge is -2.04. The van der Waals surface area contributed by atoms with Crippen molar-refractivity contribution in [2.45, 2.75) is 6.92 Å². The van der Waals surface area contributed by atoms with Gasteiger partial charge in [-0.1, -0.05) is 28.1 Å². The van der Waals surface area contributed by atoms with Gasteiger partial charge in [0.1, 0.15) is 16.9 Å². The van der Waals surface area contributed by atoms with E-state index in [1.807, 2.05) is 31.2 Å². The van der Waals surface area contributed by atoms with Gasteiger partial charge in [0.2, 0.25) is 0 Å². The third kappa shape index (κ3) is 1.99. The molecule has 0 saturated heterocycles. The van der Waals surface area contributed by atoms with E-state index < -0.39 is 0 Å². The quantitative estimate of drug-likeness (QED) is 0.467. The fourth-order valence-corrected chi connectivity index (χ4v) is 2.90. The van der Waals surface area contributed by atoms with Crippen molar-refractivity contribution < 1.29 is 8.83 Å².